The molecule has 0 aliphatic rings. The van der Waals surface area contributed by atoms with E-state index in [2.05, 4.69) is 9.38 Å². The van der Waals surface area contributed by atoms with Crippen molar-refractivity contribution in [3.8, 4) is 0 Å². The Morgan fingerprint density at radius 1 is 1.53 bits per heavy atom. The van der Waals surface area contributed by atoms with Crippen molar-refractivity contribution in [3.05, 3.63) is 29.0 Å². The minimum Gasteiger partial charge on any atom is -0.591 e. The number of aromatic nitrogens is 1. The van der Waals surface area contributed by atoms with Crippen LogP contribution in [0.2, 0.25) is 5.02 Å². The molecule has 1 rings (SSSR count). The van der Waals surface area contributed by atoms with Crippen LogP contribution in [-0.2, 0) is 11.4 Å². The molecule has 0 aliphatic carbocycles. The summed E-state index contributed by atoms with van der Waals surface area (Å²) in [4.78, 5) is 4.03. The van der Waals surface area contributed by atoms with Crippen molar-refractivity contribution < 1.29 is 4.55 Å². The highest BCUT2D eigenvalue weighted by Gasteiger charge is 2.25. The Kier molecular flexibility index (Phi) is 4.13. The zero-order chi connectivity index (χ0) is 11.5. The van der Waals surface area contributed by atoms with Gasteiger partial charge < -0.3 is 4.55 Å². The van der Waals surface area contributed by atoms with Gasteiger partial charge in [0.2, 0.25) is 0 Å². The molecule has 15 heavy (non-hydrogen) atoms. The Labute approximate surface area is 97.9 Å². The van der Waals surface area contributed by atoms with E-state index in [1.54, 1.807) is 18.3 Å². The van der Waals surface area contributed by atoms with E-state index in [-0.39, 0.29) is 4.75 Å². The average Bonchev–Trinajstić information content (AvgIpc) is 2.12. The summed E-state index contributed by atoms with van der Waals surface area (Å²) < 4.78 is 15.2. The second kappa shape index (κ2) is 4.96. The van der Waals surface area contributed by atoms with Crippen LogP contribution >= 0.6 is 11.6 Å². The Morgan fingerprint density at radius 3 is 2.73 bits per heavy atom. The third kappa shape index (κ3) is 4.20. The molecule has 0 amide bonds. The molecule has 0 bridgehead atoms. The van der Waals surface area contributed by atoms with Gasteiger partial charge in [-0.25, -0.2) is 0 Å². The van der Waals surface area contributed by atoms with Gasteiger partial charge in [-0.05, 0) is 32.9 Å². The summed E-state index contributed by atoms with van der Waals surface area (Å²) in [6, 6.07) is 3.35. The van der Waals surface area contributed by atoms with E-state index in [1.165, 1.54) is 6.21 Å². The highest BCUT2D eigenvalue weighted by Crippen LogP contribution is 2.16. The van der Waals surface area contributed by atoms with E-state index in [4.69, 9.17) is 11.6 Å². The molecule has 0 saturated heterocycles. The molecule has 0 N–H and O–H groups in total. The van der Waals surface area contributed by atoms with Gasteiger partial charge in [0.1, 0.15) is 22.3 Å². The van der Waals surface area contributed by atoms with Gasteiger partial charge in [0.25, 0.3) is 0 Å². The summed E-state index contributed by atoms with van der Waals surface area (Å²) in [5.74, 6) is 0. The fourth-order valence-electron chi connectivity index (χ4n) is 0.752. The van der Waals surface area contributed by atoms with Gasteiger partial charge >= 0.3 is 0 Å². The first-order valence-electron chi connectivity index (χ1n) is 4.47. The van der Waals surface area contributed by atoms with E-state index in [9.17, 15) is 4.55 Å². The van der Waals surface area contributed by atoms with Gasteiger partial charge in [-0.2, -0.15) is 0 Å². The molecular formula is C10H13ClN2OS. The van der Waals surface area contributed by atoms with Crippen LogP contribution in [0.5, 0.6) is 0 Å². The van der Waals surface area contributed by atoms with Gasteiger partial charge in [0.15, 0.2) is 0 Å². The highest BCUT2D eigenvalue weighted by molar-refractivity contribution is 7.91. The maximum Gasteiger partial charge on any atom is 0.144 e. The monoisotopic (exact) mass is 244 g/mol. The molecule has 0 aromatic carbocycles. The average molecular weight is 245 g/mol. The maximum atomic E-state index is 11.6. The van der Waals surface area contributed by atoms with Crippen LogP contribution in [-0.4, -0.2) is 20.5 Å². The number of hydrogen-bond donors (Lipinski definition) is 0. The van der Waals surface area contributed by atoms with Crippen LogP contribution in [0.3, 0.4) is 0 Å². The predicted molar refractivity (Wildman–Crippen MR) is 64.7 cm³/mol. The van der Waals surface area contributed by atoms with Crippen molar-refractivity contribution in [1.29, 1.82) is 0 Å². The molecule has 1 aromatic heterocycles. The second-order valence-corrected chi connectivity index (χ2v) is 6.37. The zero-order valence-electron chi connectivity index (χ0n) is 8.90. The molecule has 1 atom stereocenters. The van der Waals surface area contributed by atoms with Gasteiger partial charge in [-0.3, -0.25) is 4.98 Å². The van der Waals surface area contributed by atoms with Crippen LogP contribution in [0.4, 0.5) is 0 Å². The summed E-state index contributed by atoms with van der Waals surface area (Å²) in [5, 5.41) is 0.591. The summed E-state index contributed by atoms with van der Waals surface area (Å²) in [5.41, 5.74) is 0.611. The minimum atomic E-state index is -1.26. The standard InChI is InChI=1S/C10H13ClN2OS/c1-10(2,3)15(14)13-7-9-6-8(11)4-5-12-9/h4-7H,1-3H3/b13-7+. The molecule has 3 nitrogen and oxygen atoms in total. The molecule has 0 radical (unpaired) electrons. The first-order valence-corrected chi connectivity index (χ1v) is 5.96. The zero-order valence-corrected chi connectivity index (χ0v) is 10.5. The maximum absolute atomic E-state index is 11.6. The van der Waals surface area contributed by atoms with Crippen molar-refractivity contribution in [2.75, 3.05) is 0 Å². The van der Waals surface area contributed by atoms with E-state index >= 15 is 0 Å². The normalized spacial score (nSPS) is 14.5. The van der Waals surface area contributed by atoms with Crippen molar-refractivity contribution in [2.45, 2.75) is 25.5 Å². The smallest absolute Gasteiger partial charge is 0.144 e. The van der Waals surface area contributed by atoms with Crippen molar-refractivity contribution >= 4 is 29.2 Å². The van der Waals surface area contributed by atoms with Crippen LogP contribution in [0.1, 0.15) is 26.5 Å². The molecule has 0 spiro atoms. The fourth-order valence-corrected chi connectivity index (χ4v) is 1.44. The number of pyridine rings is 1. The Morgan fingerprint density at radius 2 is 2.20 bits per heavy atom. The number of rotatable bonds is 2. The third-order valence-electron chi connectivity index (χ3n) is 1.55. The minimum absolute atomic E-state index is 0.352. The number of hydrogen-bond acceptors (Lipinski definition) is 3. The van der Waals surface area contributed by atoms with Gasteiger partial charge in [-0.1, -0.05) is 16.0 Å². The van der Waals surface area contributed by atoms with Gasteiger partial charge in [-0.15, -0.1) is 0 Å². The lowest BCUT2D eigenvalue weighted by molar-refractivity contribution is 0.562. The van der Waals surface area contributed by atoms with E-state index in [0.717, 1.165) is 0 Å². The Balaban J connectivity index is 2.74. The molecule has 5 heteroatoms. The second-order valence-electron chi connectivity index (χ2n) is 3.99. The lowest BCUT2D eigenvalue weighted by Gasteiger charge is -2.17. The van der Waals surface area contributed by atoms with E-state index in [0.29, 0.717) is 10.7 Å². The first kappa shape index (κ1) is 12.5. The van der Waals surface area contributed by atoms with Crippen LogP contribution in [0.25, 0.3) is 0 Å². The van der Waals surface area contributed by atoms with Crippen LogP contribution in [0, 0.1) is 0 Å². The molecule has 82 valence electrons. The molecule has 0 aliphatic heterocycles. The molecule has 1 unspecified atom stereocenters. The van der Waals surface area contributed by atoms with E-state index < -0.39 is 11.4 Å². The van der Waals surface area contributed by atoms with Gasteiger partial charge in [0, 0.05) is 11.2 Å². The molecular weight excluding hydrogens is 232 g/mol. The fraction of sp³-hybridized carbons (Fsp3) is 0.400. The molecule has 0 fully saturated rings. The lowest BCUT2D eigenvalue weighted by atomic mass is 10.3. The van der Waals surface area contributed by atoms with Crippen LogP contribution < -0.4 is 0 Å². The van der Waals surface area contributed by atoms with Crippen LogP contribution in [0.15, 0.2) is 22.7 Å². The number of halogens is 1. The summed E-state index contributed by atoms with van der Waals surface area (Å²) in [7, 11) is 0. The topological polar surface area (TPSA) is 48.3 Å². The number of nitrogens with zero attached hydrogens (tertiary/aromatic N) is 2. The molecule has 0 saturated carbocycles. The van der Waals surface area contributed by atoms with Gasteiger partial charge in [0.05, 0.1) is 5.69 Å². The lowest BCUT2D eigenvalue weighted by Crippen LogP contribution is -2.25. The summed E-state index contributed by atoms with van der Waals surface area (Å²) in [6.07, 6.45) is 3.07. The Hall–Kier alpha value is -0.580. The molecule has 1 aromatic rings. The van der Waals surface area contributed by atoms with Crippen molar-refractivity contribution in [2.24, 2.45) is 4.40 Å². The quantitative estimate of drug-likeness (QED) is 0.593. The van der Waals surface area contributed by atoms with Crippen molar-refractivity contribution in [1.82, 2.24) is 4.98 Å². The first-order chi connectivity index (χ1) is 6.89. The molecule has 1 heterocycles. The summed E-state index contributed by atoms with van der Waals surface area (Å²) >= 11 is 4.51. The third-order valence-corrected chi connectivity index (χ3v) is 3.13. The predicted octanol–water partition coefficient (Wildman–Crippen LogP) is 2.62. The van der Waals surface area contributed by atoms with E-state index in [1.807, 2.05) is 20.8 Å². The summed E-state index contributed by atoms with van der Waals surface area (Å²) in [6.45, 7) is 5.60. The largest absolute Gasteiger partial charge is 0.591 e. The Bertz CT molecular complexity index is 363. The van der Waals surface area contributed by atoms with Crippen molar-refractivity contribution in [3.63, 3.8) is 0 Å². The highest BCUT2D eigenvalue weighted by atomic mass is 35.5. The SMILES string of the molecule is CC(C)(C)[S+]([O-])/N=C/c1cc(Cl)ccn1.